The number of nitrogens with one attached hydrogen (secondary N) is 4. The Balaban J connectivity index is 1.07. The van der Waals surface area contributed by atoms with Gasteiger partial charge in [0.1, 0.15) is 41.1 Å². The molecule has 4 fully saturated rings. The second-order valence-electron chi connectivity index (χ2n) is 20.9. The Morgan fingerprint density at radius 3 is 1.44 bits per heavy atom. The SMILES string of the molecule is COC(=O)N[C@H](C(=O)N1CCC[C@H]1c1nc2cc([C@@H]3CC[C@@H](c4cc5nc([C@@H]6CCCN6C(=O)[C@@H](NC(=O)OC)[C@@H](C)OC)[nH]c5cc4F)N3c3cc(F)c(N4CC[Si](C)(C)CC4)c(F)c3)c(F)cc2[nH]1)[C@@H](C)OC. The van der Waals surface area contributed by atoms with Crippen LogP contribution in [0.15, 0.2) is 36.4 Å². The number of hydrogen-bond acceptors (Lipinski definition) is 12. The average Bonchev–Trinajstić information content (AvgIpc) is 4.27. The number of nitrogens with zero attached hydrogens (tertiary/aromatic N) is 6. The second kappa shape index (κ2) is 21.6. The van der Waals surface area contributed by atoms with Gasteiger partial charge in [0.2, 0.25) is 11.8 Å². The van der Waals surface area contributed by atoms with Crippen molar-refractivity contribution in [2.24, 2.45) is 0 Å². The quantitative estimate of drug-likeness (QED) is 0.0612. The van der Waals surface area contributed by atoms with Crippen molar-refractivity contribution >= 4 is 65.5 Å². The standard InChI is InChI=1S/C52H66F4N10O8Si/c1-27(71-3)44(61-51(69)73-5)49(67)64-15-9-11-42(64)47-57-36-23-30(32(53)25-38(36)59-47)40-13-14-41(66(40)29-21-34(55)46(35(56)22-29)63-17-19-75(7,8)20-18-63)31-24-37-39(26-33(31)54)60-48(58-37)43-12-10-16-65(43)50(68)45(28(2)72-4)62-52(70)74-6/h21-28,40-45H,9-20H2,1-8H3,(H,57,59)(H,58,60)(H,61,69)(H,62,70)/t27-,28-,40+,41+,42+,43+,44+,45+/m1/s1. The first kappa shape index (κ1) is 53.4. The van der Waals surface area contributed by atoms with Crippen LogP contribution in [0.1, 0.15) is 99.3 Å². The Bertz CT molecular complexity index is 2790. The first-order valence-corrected chi connectivity index (χ1v) is 29.0. The van der Waals surface area contributed by atoms with Crippen LogP contribution in [0, 0.1) is 23.3 Å². The van der Waals surface area contributed by atoms with Gasteiger partial charge in [0, 0.05) is 57.2 Å². The average molecular weight is 1060 g/mol. The van der Waals surface area contributed by atoms with Crippen molar-refractivity contribution in [3.63, 3.8) is 0 Å². The molecule has 9 rings (SSSR count). The predicted octanol–water partition coefficient (Wildman–Crippen LogP) is 8.45. The van der Waals surface area contributed by atoms with E-state index in [0.717, 1.165) is 12.1 Å². The molecule has 0 aliphatic carbocycles. The van der Waals surface area contributed by atoms with E-state index in [9.17, 15) is 19.2 Å². The largest absolute Gasteiger partial charge is 0.453 e. The third kappa shape index (κ3) is 10.5. The molecule has 404 valence electrons. The molecular formula is C52H66F4N10O8Si. The molecular weight excluding hydrogens is 997 g/mol. The summed E-state index contributed by atoms with van der Waals surface area (Å²) < 4.78 is 87.5. The fraction of sp³-hybridized carbons (Fsp3) is 0.538. The van der Waals surface area contributed by atoms with Crippen molar-refractivity contribution in [3.8, 4) is 0 Å². The van der Waals surface area contributed by atoms with E-state index >= 15 is 17.6 Å². The van der Waals surface area contributed by atoms with E-state index in [1.54, 1.807) is 45.6 Å². The van der Waals surface area contributed by atoms with Gasteiger partial charge in [0.25, 0.3) is 0 Å². The van der Waals surface area contributed by atoms with Gasteiger partial charge in [-0.05, 0) is 101 Å². The molecule has 0 radical (unpaired) electrons. The van der Waals surface area contributed by atoms with E-state index in [0.29, 0.717) is 85.6 Å². The number of likely N-dealkylation sites (tertiary alicyclic amines) is 2. The lowest BCUT2D eigenvalue weighted by atomic mass is 10.0. The number of H-pyrrole nitrogens is 2. The molecule has 0 bridgehead atoms. The fourth-order valence-corrected chi connectivity index (χ4v) is 13.5. The molecule has 0 spiro atoms. The highest BCUT2D eigenvalue weighted by Crippen LogP contribution is 2.50. The van der Waals surface area contributed by atoms with Crippen molar-refractivity contribution in [1.82, 2.24) is 40.4 Å². The lowest BCUT2D eigenvalue weighted by Gasteiger charge is -2.38. The third-order valence-electron chi connectivity index (χ3n) is 15.9. The number of imidazole rings is 2. The first-order valence-electron chi connectivity index (χ1n) is 25.6. The maximum Gasteiger partial charge on any atom is 0.407 e. The topological polar surface area (TPSA) is 200 Å². The number of fused-ring (bicyclic) bond motifs is 2. The molecule has 4 aliphatic rings. The van der Waals surface area contributed by atoms with Crippen LogP contribution in [0.25, 0.3) is 22.1 Å². The van der Waals surface area contributed by atoms with E-state index < -0.39 is 104 Å². The minimum absolute atomic E-state index is 0.0958. The zero-order valence-corrected chi connectivity index (χ0v) is 44.5. The molecule has 18 nitrogen and oxygen atoms in total. The van der Waals surface area contributed by atoms with Crippen LogP contribution in [0.4, 0.5) is 38.5 Å². The van der Waals surface area contributed by atoms with Crippen LogP contribution in [-0.4, -0.2) is 141 Å². The molecule has 8 atom stereocenters. The van der Waals surface area contributed by atoms with Gasteiger partial charge >= 0.3 is 12.2 Å². The Morgan fingerprint density at radius 1 is 0.613 bits per heavy atom. The number of anilines is 2. The smallest absolute Gasteiger partial charge is 0.407 e. The first-order chi connectivity index (χ1) is 35.8. The molecule has 23 heteroatoms. The summed E-state index contributed by atoms with van der Waals surface area (Å²) in [4.78, 5) is 75.4. The zero-order valence-electron chi connectivity index (χ0n) is 43.5. The van der Waals surface area contributed by atoms with Crippen LogP contribution < -0.4 is 20.4 Å². The molecule has 3 aromatic carbocycles. The number of amides is 4. The van der Waals surface area contributed by atoms with E-state index in [-0.39, 0.29) is 35.3 Å². The Kier molecular flexibility index (Phi) is 15.4. The Labute approximate surface area is 433 Å². The van der Waals surface area contributed by atoms with Gasteiger partial charge < -0.3 is 59.1 Å². The molecule has 4 amide bonds. The highest BCUT2D eigenvalue weighted by Gasteiger charge is 2.43. The summed E-state index contributed by atoms with van der Waals surface area (Å²) >= 11 is 0. The maximum absolute atomic E-state index is 16.9. The minimum atomic E-state index is -1.50. The van der Waals surface area contributed by atoms with Gasteiger partial charge in [-0.2, -0.15) is 0 Å². The number of carbonyl (C=O) groups is 4. The molecule has 6 heterocycles. The number of carbonyl (C=O) groups excluding carboxylic acids is 4. The lowest BCUT2D eigenvalue weighted by molar-refractivity contribution is -0.138. The van der Waals surface area contributed by atoms with Crippen molar-refractivity contribution in [2.75, 3.05) is 64.4 Å². The molecule has 2 aromatic heterocycles. The van der Waals surface area contributed by atoms with E-state index in [4.69, 9.17) is 28.9 Å². The zero-order chi connectivity index (χ0) is 53.6. The van der Waals surface area contributed by atoms with Gasteiger partial charge in [-0.15, -0.1) is 0 Å². The summed E-state index contributed by atoms with van der Waals surface area (Å²) in [6.45, 7) is 9.61. The second-order valence-corrected chi connectivity index (χ2v) is 26.3. The number of alkyl carbamates (subject to hydrolysis) is 2. The molecule has 4 aliphatic heterocycles. The van der Waals surface area contributed by atoms with Crippen molar-refractivity contribution in [3.05, 3.63) is 82.4 Å². The molecule has 75 heavy (non-hydrogen) atoms. The lowest BCUT2D eigenvalue weighted by Crippen LogP contribution is -2.54. The van der Waals surface area contributed by atoms with Gasteiger partial charge in [0.15, 0.2) is 11.6 Å². The summed E-state index contributed by atoms with van der Waals surface area (Å²) in [6.07, 6.45) is -0.161. The number of aromatic amines is 2. The molecule has 4 N–H and O–H groups in total. The number of aromatic nitrogens is 4. The fourth-order valence-electron chi connectivity index (χ4n) is 11.5. The van der Waals surface area contributed by atoms with Crippen LogP contribution in [0.3, 0.4) is 0 Å². The third-order valence-corrected chi connectivity index (χ3v) is 19.1. The maximum atomic E-state index is 16.9. The predicted molar refractivity (Wildman–Crippen MR) is 274 cm³/mol. The number of methoxy groups -OCH3 is 4. The number of hydrogen-bond donors (Lipinski definition) is 4. The van der Waals surface area contributed by atoms with E-state index in [2.05, 4.69) is 33.7 Å². The van der Waals surface area contributed by atoms with Gasteiger partial charge in [0.05, 0.1) is 80.7 Å². The molecule has 0 unspecified atom stereocenters. The molecule has 0 saturated carbocycles. The number of benzene rings is 3. The minimum Gasteiger partial charge on any atom is -0.453 e. The van der Waals surface area contributed by atoms with Crippen molar-refractivity contribution in [2.45, 2.75) is 126 Å². The molecule has 5 aromatic rings. The number of halogens is 4. The van der Waals surface area contributed by atoms with Crippen LogP contribution in [0.5, 0.6) is 0 Å². The monoisotopic (exact) mass is 1060 g/mol. The summed E-state index contributed by atoms with van der Waals surface area (Å²) in [5.74, 6) is -2.83. The van der Waals surface area contributed by atoms with Crippen LogP contribution in [0.2, 0.25) is 25.2 Å². The van der Waals surface area contributed by atoms with E-state index in [1.807, 2.05) is 0 Å². The molecule has 4 saturated heterocycles. The van der Waals surface area contributed by atoms with Gasteiger partial charge in [-0.1, -0.05) is 13.1 Å². The summed E-state index contributed by atoms with van der Waals surface area (Å²) in [5.41, 5.74) is 1.77. The number of ether oxygens (including phenoxy) is 4. The van der Waals surface area contributed by atoms with E-state index in [1.165, 1.54) is 52.7 Å². The van der Waals surface area contributed by atoms with Gasteiger partial charge in [-0.3, -0.25) is 9.59 Å². The van der Waals surface area contributed by atoms with Gasteiger partial charge in [-0.25, -0.2) is 37.1 Å². The highest BCUT2D eigenvalue weighted by molar-refractivity contribution is 6.77. The van der Waals surface area contributed by atoms with Crippen molar-refractivity contribution in [1.29, 1.82) is 0 Å². The van der Waals surface area contributed by atoms with Crippen LogP contribution >= 0.6 is 0 Å². The normalized spacial score (nSPS) is 22.4. The number of rotatable bonds is 14. The summed E-state index contributed by atoms with van der Waals surface area (Å²) in [6, 6.07) is 5.12. The Hall–Kier alpha value is -6.46. The summed E-state index contributed by atoms with van der Waals surface area (Å²) in [7, 11) is 3.76. The highest BCUT2D eigenvalue weighted by atomic mass is 28.3. The van der Waals surface area contributed by atoms with Crippen molar-refractivity contribution < 1.29 is 55.7 Å². The Morgan fingerprint density at radius 2 is 1.04 bits per heavy atom. The summed E-state index contributed by atoms with van der Waals surface area (Å²) in [5, 5.41) is 5.15. The van der Waals surface area contributed by atoms with Crippen LogP contribution in [-0.2, 0) is 28.5 Å².